The van der Waals surface area contributed by atoms with Crippen LogP contribution in [-0.4, -0.2) is 75.7 Å². The summed E-state index contributed by atoms with van der Waals surface area (Å²) in [4.78, 5) is 15.8. The Bertz CT molecular complexity index is 2040. The number of benzene rings is 3. The van der Waals surface area contributed by atoms with Gasteiger partial charge < -0.3 is 30.7 Å². The fraction of sp³-hybridized carbons (Fsp3) is 0.297. The molecule has 0 unspecified atom stereocenters. The molecule has 50 heavy (non-hydrogen) atoms. The molecule has 0 radical (unpaired) electrons. The Hall–Kier alpha value is -5.72. The minimum absolute atomic E-state index is 0.0346. The predicted molar refractivity (Wildman–Crippen MR) is 186 cm³/mol. The smallest absolute Gasteiger partial charge is 0.272 e. The molecule has 5 aromatic rings. The number of alkyl halides is 2. The highest BCUT2D eigenvalue weighted by Gasteiger charge is 2.46. The lowest BCUT2D eigenvalue weighted by atomic mass is 9.87. The number of hydrogen-bond donors (Lipinski definition) is 3. The number of nitrogen functional groups attached to an aromatic ring is 1. The second-order valence-corrected chi connectivity index (χ2v) is 13.0. The van der Waals surface area contributed by atoms with E-state index in [-0.39, 0.29) is 29.9 Å². The molecule has 3 aliphatic rings. The number of piperidine rings is 2. The van der Waals surface area contributed by atoms with Crippen LogP contribution in [0.15, 0.2) is 85.2 Å². The Morgan fingerprint density at radius 1 is 0.960 bits per heavy atom. The summed E-state index contributed by atoms with van der Waals surface area (Å²) in [6.07, 6.45) is 4.56. The van der Waals surface area contributed by atoms with Crippen LogP contribution in [0.3, 0.4) is 0 Å². The summed E-state index contributed by atoms with van der Waals surface area (Å²) in [5.41, 5.74) is 11.4. The first-order valence-electron chi connectivity index (χ1n) is 16.7. The van der Waals surface area contributed by atoms with Crippen LogP contribution in [0.1, 0.15) is 30.7 Å². The maximum atomic E-state index is 15.9. The number of hydrogen-bond acceptors (Lipinski definition) is 9. The Morgan fingerprint density at radius 2 is 1.78 bits per heavy atom. The number of nitrogens with two attached hydrogens (primary N) is 1. The number of halogens is 2. The molecule has 4 N–H and O–H groups in total. The minimum Gasteiger partial charge on any atom is -0.507 e. The van der Waals surface area contributed by atoms with E-state index >= 15 is 8.78 Å². The molecule has 11 nitrogen and oxygen atoms in total. The fourth-order valence-electron chi connectivity index (χ4n) is 7.33. The summed E-state index contributed by atoms with van der Waals surface area (Å²) in [5, 5.41) is 25.7. The normalized spacial score (nSPS) is 20.2. The number of phenolic OH excluding ortho intramolecular Hbond substituents is 1. The average molecular weight is 679 g/mol. The monoisotopic (exact) mass is 678 g/mol. The molecule has 0 aliphatic carbocycles. The molecule has 8 rings (SSSR count). The minimum atomic E-state index is -3.03. The molecule has 3 aromatic carbocycles. The number of anilines is 3. The van der Waals surface area contributed by atoms with E-state index in [1.165, 1.54) is 10.9 Å². The Labute approximate surface area is 287 Å². The van der Waals surface area contributed by atoms with Crippen LogP contribution >= 0.6 is 0 Å². The van der Waals surface area contributed by atoms with Gasteiger partial charge in [-0.2, -0.15) is 5.10 Å². The summed E-state index contributed by atoms with van der Waals surface area (Å²) >= 11 is 0. The summed E-state index contributed by atoms with van der Waals surface area (Å²) in [6, 6.07) is 22.3. The highest BCUT2D eigenvalue weighted by Crippen LogP contribution is 2.44. The summed E-state index contributed by atoms with van der Waals surface area (Å²) in [5.74, 6) is -3.05. The van der Waals surface area contributed by atoms with Crippen molar-refractivity contribution in [3.8, 4) is 39.6 Å². The number of nitrogens with one attached hydrogen (secondary N) is 1. The molecule has 1 amide bonds. The van der Waals surface area contributed by atoms with Gasteiger partial charge in [-0.15, -0.1) is 10.2 Å². The van der Waals surface area contributed by atoms with E-state index in [0.29, 0.717) is 48.6 Å². The molecule has 13 heteroatoms. The molecule has 0 bridgehead atoms. The number of aromatic hydroxyl groups is 1. The molecule has 2 aromatic heterocycles. The lowest BCUT2D eigenvalue weighted by molar-refractivity contribution is -0.122. The SMILES string of the molecule is Nc1nnc(-c2ccccc2O)cc1-n1cc([C@H]2CCN(c3ccc(-c4cccc5c4OCCN5[C@@H]4CCC(=O)NC4)cc3)CC2(F)F)cn1. The third kappa shape index (κ3) is 5.82. The van der Waals surface area contributed by atoms with Crippen LogP contribution in [0.2, 0.25) is 0 Å². The van der Waals surface area contributed by atoms with Gasteiger partial charge in [-0.05, 0) is 60.4 Å². The van der Waals surface area contributed by atoms with E-state index in [2.05, 4.69) is 31.6 Å². The number of para-hydroxylation sites is 2. The number of aromatic nitrogens is 4. The number of phenols is 1. The van der Waals surface area contributed by atoms with Crippen molar-refractivity contribution in [3.63, 3.8) is 0 Å². The van der Waals surface area contributed by atoms with Crippen molar-refractivity contribution in [1.29, 1.82) is 0 Å². The van der Waals surface area contributed by atoms with Crippen molar-refractivity contribution in [2.24, 2.45) is 0 Å². The third-order valence-corrected chi connectivity index (χ3v) is 9.94. The van der Waals surface area contributed by atoms with Crippen LogP contribution in [0, 0.1) is 0 Å². The summed E-state index contributed by atoms with van der Waals surface area (Å²) < 4.78 is 39.3. The van der Waals surface area contributed by atoms with Crippen LogP contribution in [0.25, 0.3) is 28.1 Å². The van der Waals surface area contributed by atoms with Gasteiger partial charge in [-0.1, -0.05) is 36.4 Å². The van der Waals surface area contributed by atoms with E-state index in [4.69, 9.17) is 10.5 Å². The van der Waals surface area contributed by atoms with E-state index in [1.54, 1.807) is 41.4 Å². The second kappa shape index (κ2) is 12.6. The van der Waals surface area contributed by atoms with Gasteiger partial charge in [0.1, 0.15) is 18.0 Å². The largest absolute Gasteiger partial charge is 0.507 e. The lowest BCUT2D eigenvalue weighted by Crippen LogP contribution is -2.50. The van der Waals surface area contributed by atoms with Crippen molar-refractivity contribution in [3.05, 3.63) is 90.8 Å². The van der Waals surface area contributed by atoms with Crippen molar-refractivity contribution >= 4 is 23.1 Å². The van der Waals surface area contributed by atoms with Crippen LogP contribution in [0.4, 0.5) is 26.0 Å². The van der Waals surface area contributed by atoms with Crippen molar-refractivity contribution < 1.29 is 23.4 Å². The van der Waals surface area contributed by atoms with Crippen molar-refractivity contribution in [2.75, 3.05) is 48.3 Å². The van der Waals surface area contributed by atoms with E-state index in [0.717, 1.165) is 41.2 Å². The van der Waals surface area contributed by atoms with Crippen LogP contribution < -0.4 is 25.6 Å². The topological polar surface area (TPSA) is 135 Å². The maximum absolute atomic E-state index is 15.9. The summed E-state index contributed by atoms with van der Waals surface area (Å²) in [6.45, 7) is 1.91. The quantitative estimate of drug-likeness (QED) is 0.216. The Kier molecular flexibility index (Phi) is 7.96. The molecule has 2 saturated heterocycles. The van der Waals surface area contributed by atoms with Gasteiger partial charge in [0.2, 0.25) is 5.91 Å². The maximum Gasteiger partial charge on any atom is 0.272 e. The molecular formula is C37H36F2N8O3. The highest BCUT2D eigenvalue weighted by molar-refractivity contribution is 5.81. The number of fused-ring (bicyclic) bond motifs is 1. The highest BCUT2D eigenvalue weighted by atomic mass is 19.3. The molecule has 3 aliphatic heterocycles. The van der Waals surface area contributed by atoms with E-state index in [1.807, 2.05) is 36.4 Å². The fourth-order valence-corrected chi connectivity index (χ4v) is 7.33. The standard InChI is InChI=1S/C37H36F2N8O3/c38-37(39)22-45(15-14-29(37)24-19-42-47(21-24)32-18-30(43-44-36(32)40)28-4-1-2-7-33(28)48)25-10-8-23(9-11-25)27-5-3-6-31-35(27)50-17-16-46(31)26-12-13-34(49)41-20-26/h1-11,18-19,21,26,29,48H,12-17,20,22H2,(H2,40,44)(H,41,49)/t26-,29-/m1/s1. The Balaban J connectivity index is 0.979. The van der Waals surface area contributed by atoms with Gasteiger partial charge >= 0.3 is 0 Å². The zero-order chi connectivity index (χ0) is 34.4. The van der Waals surface area contributed by atoms with E-state index < -0.39 is 18.4 Å². The van der Waals surface area contributed by atoms with Gasteiger partial charge in [0.05, 0.1) is 36.6 Å². The van der Waals surface area contributed by atoms with Crippen molar-refractivity contribution in [1.82, 2.24) is 25.3 Å². The second-order valence-electron chi connectivity index (χ2n) is 13.0. The predicted octanol–water partition coefficient (Wildman–Crippen LogP) is 5.39. The first-order valence-corrected chi connectivity index (χ1v) is 16.7. The van der Waals surface area contributed by atoms with Gasteiger partial charge in [0, 0.05) is 48.6 Å². The number of ether oxygens (including phenoxy) is 1. The number of amides is 1. The molecule has 0 spiro atoms. The van der Waals surface area contributed by atoms with Gasteiger partial charge in [0.15, 0.2) is 11.6 Å². The number of nitrogens with zero attached hydrogens (tertiary/aromatic N) is 6. The zero-order valence-electron chi connectivity index (χ0n) is 27.2. The van der Waals surface area contributed by atoms with Gasteiger partial charge in [-0.25, -0.2) is 13.5 Å². The van der Waals surface area contributed by atoms with Gasteiger partial charge in [-0.3, -0.25) is 4.79 Å². The van der Waals surface area contributed by atoms with Crippen molar-refractivity contribution in [2.45, 2.75) is 37.1 Å². The number of carbonyl (C=O) groups is 1. The molecular weight excluding hydrogens is 642 g/mol. The Morgan fingerprint density at radius 3 is 2.56 bits per heavy atom. The molecule has 0 saturated carbocycles. The number of carbonyl (C=O) groups excluding carboxylic acids is 1. The first-order chi connectivity index (χ1) is 24.2. The molecule has 2 fully saturated rings. The average Bonchev–Trinajstić information content (AvgIpc) is 3.61. The zero-order valence-corrected chi connectivity index (χ0v) is 27.2. The molecule has 2 atom stereocenters. The first kappa shape index (κ1) is 31.5. The van der Waals surface area contributed by atoms with Gasteiger partial charge in [0.25, 0.3) is 5.92 Å². The van der Waals surface area contributed by atoms with E-state index in [9.17, 15) is 9.90 Å². The molecule has 256 valence electrons. The lowest BCUT2D eigenvalue weighted by Gasteiger charge is -2.40. The third-order valence-electron chi connectivity index (χ3n) is 9.94. The summed E-state index contributed by atoms with van der Waals surface area (Å²) in [7, 11) is 0. The van der Waals surface area contributed by atoms with Crippen LogP contribution in [0.5, 0.6) is 11.5 Å². The van der Waals surface area contributed by atoms with Crippen LogP contribution in [-0.2, 0) is 4.79 Å². The number of rotatable bonds is 6. The molecule has 5 heterocycles.